The van der Waals surface area contributed by atoms with Gasteiger partial charge in [0.1, 0.15) is 11.5 Å². The number of amides is 1. The second-order valence-electron chi connectivity index (χ2n) is 5.90. The average molecular weight is 399 g/mol. The smallest absolute Gasteiger partial charge is 0.277 e. The van der Waals surface area contributed by atoms with Crippen LogP contribution in [0, 0.1) is 6.92 Å². The minimum absolute atomic E-state index is 0.191. The van der Waals surface area contributed by atoms with Crippen molar-refractivity contribution in [3.8, 4) is 22.8 Å². The Morgan fingerprint density at radius 2 is 1.96 bits per heavy atom. The van der Waals surface area contributed by atoms with E-state index in [1.165, 1.54) is 13.3 Å². The van der Waals surface area contributed by atoms with Crippen LogP contribution in [0.15, 0.2) is 64.1 Å². The molecular formula is C21H19ClN2O4. The highest BCUT2D eigenvalue weighted by Crippen LogP contribution is 2.27. The van der Waals surface area contributed by atoms with Crippen LogP contribution in [0.25, 0.3) is 11.3 Å². The zero-order valence-corrected chi connectivity index (χ0v) is 16.2. The van der Waals surface area contributed by atoms with E-state index in [9.17, 15) is 4.79 Å². The first kappa shape index (κ1) is 19.5. The van der Waals surface area contributed by atoms with Gasteiger partial charge >= 0.3 is 0 Å². The Kier molecular flexibility index (Phi) is 6.34. The molecule has 7 heteroatoms. The molecule has 1 heterocycles. The molecule has 144 valence electrons. The summed E-state index contributed by atoms with van der Waals surface area (Å²) in [5.41, 5.74) is 4.25. The van der Waals surface area contributed by atoms with Gasteiger partial charge in [-0.2, -0.15) is 5.10 Å². The van der Waals surface area contributed by atoms with Gasteiger partial charge in [-0.05, 0) is 42.8 Å². The summed E-state index contributed by atoms with van der Waals surface area (Å²) in [7, 11) is 1.54. The number of ether oxygens (including phenoxy) is 2. The fraction of sp³-hybridized carbons (Fsp3) is 0.143. The molecule has 1 aromatic heterocycles. The topological polar surface area (TPSA) is 73.1 Å². The van der Waals surface area contributed by atoms with Gasteiger partial charge in [-0.15, -0.1) is 0 Å². The molecule has 1 N–H and O–H groups in total. The number of para-hydroxylation sites is 2. The third kappa shape index (κ3) is 4.92. The minimum Gasteiger partial charge on any atom is -0.493 e. The average Bonchev–Trinajstić information content (AvgIpc) is 3.17. The monoisotopic (exact) mass is 398 g/mol. The van der Waals surface area contributed by atoms with Crippen molar-refractivity contribution in [3.63, 3.8) is 0 Å². The number of benzene rings is 2. The Bertz CT molecular complexity index is 998. The molecule has 0 radical (unpaired) electrons. The van der Waals surface area contributed by atoms with E-state index >= 15 is 0 Å². The molecule has 0 saturated carbocycles. The number of furan rings is 1. The maximum absolute atomic E-state index is 11.9. The molecular weight excluding hydrogens is 380 g/mol. The third-order valence-electron chi connectivity index (χ3n) is 3.89. The van der Waals surface area contributed by atoms with Gasteiger partial charge in [-0.3, -0.25) is 4.79 Å². The van der Waals surface area contributed by atoms with Crippen molar-refractivity contribution in [2.24, 2.45) is 5.10 Å². The Morgan fingerprint density at radius 3 is 2.71 bits per heavy atom. The quantitative estimate of drug-likeness (QED) is 0.471. The van der Waals surface area contributed by atoms with Gasteiger partial charge in [-0.1, -0.05) is 35.9 Å². The van der Waals surface area contributed by atoms with Crippen LogP contribution in [0.2, 0.25) is 5.02 Å². The molecule has 3 aromatic rings. The first-order valence-electron chi connectivity index (χ1n) is 8.51. The molecule has 0 bridgehead atoms. The lowest BCUT2D eigenvalue weighted by molar-refractivity contribution is -0.123. The van der Waals surface area contributed by atoms with Gasteiger partial charge < -0.3 is 13.9 Å². The number of halogens is 1. The Labute approximate surface area is 167 Å². The van der Waals surface area contributed by atoms with E-state index in [-0.39, 0.29) is 6.61 Å². The highest BCUT2D eigenvalue weighted by molar-refractivity contribution is 6.31. The van der Waals surface area contributed by atoms with Gasteiger partial charge in [0.2, 0.25) is 0 Å². The Balaban J connectivity index is 1.54. The van der Waals surface area contributed by atoms with Crippen LogP contribution in [-0.2, 0) is 4.79 Å². The molecule has 6 nitrogen and oxygen atoms in total. The highest BCUT2D eigenvalue weighted by atomic mass is 35.5. The van der Waals surface area contributed by atoms with E-state index in [1.54, 1.807) is 24.3 Å². The summed E-state index contributed by atoms with van der Waals surface area (Å²) < 4.78 is 16.3. The van der Waals surface area contributed by atoms with E-state index in [4.69, 9.17) is 25.5 Å². The molecule has 3 rings (SSSR count). The molecule has 0 atom stereocenters. The number of hydrazone groups is 1. The SMILES string of the molecule is COc1ccccc1OCC(=O)NN=Cc1ccc(-c2ccc(C)c(Cl)c2)o1. The van der Waals surface area contributed by atoms with Crippen LogP contribution in [0.3, 0.4) is 0 Å². The standard InChI is InChI=1S/C21H19ClN2O4/c1-14-7-8-15(11-17(14)22)18-10-9-16(28-18)12-23-24-21(25)13-27-20-6-4-3-5-19(20)26-2/h3-12H,13H2,1-2H3,(H,24,25). The number of aryl methyl sites for hydroxylation is 1. The normalized spacial score (nSPS) is 10.8. The van der Waals surface area contributed by atoms with E-state index in [0.717, 1.165) is 11.1 Å². The van der Waals surface area contributed by atoms with Crippen molar-refractivity contribution in [3.05, 3.63) is 70.9 Å². The van der Waals surface area contributed by atoms with Gasteiger partial charge in [0.25, 0.3) is 5.91 Å². The first-order chi connectivity index (χ1) is 13.6. The number of nitrogens with zero attached hydrogens (tertiary/aromatic N) is 1. The van der Waals surface area contributed by atoms with Crippen LogP contribution in [0.5, 0.6) is 11.5 Å². The maximum Gasteiger partial charge on any atom is 0.277 e. The lowest BCUT2D eigenvalue weighted by atomic mass is 10.1. The number of nitrogens with one attached hydrogen (secondary N) is 1. The van der Waals surface area contributed by atoms with Gasteiger partial charge in [0.05, 0.1) is 13.3 Å². The number of hydrogen-bond donors (Lipinski definition) is 1. The number of carbonyl (C=O) groups excluding carboxylic acids is 1. The summed E-state index contributed by atoms with van der Waals surface area (Å²) >= 11 is 6.15. The molecule has 0 unspecified atom stereocenters. The zero-order chi connectivity index (χ0) is 19.9. The third-order valence-corrected chi connectivity index (χ3v) is 4.30. The summed E-state index contributed by atoms with van der Waals surface area (Å²) in [4.78, 5) is 11.9. The summed E-state index contributed by atoms with van der Waals surface area (Å²) in [6.07, 6.45) is 1.42. The Morgan fingerprint density at radius 1 is 1.18 bits per heavy atom. The predicted octanol–water partition coefficient (Wildman–Crippen LogP) is 4.45. The molecule has 28 heavy (non-hydrogen) atoms. The number of methoxy groups -OCH3 is 1. The van der Waals surface area contributed by atoms with Crippen molar-refractivity contribution in [1.29, 1.82) is 0 Å². The largest absolute Gasteiger partial charge is 0.493 e. The van der Waals surface area contributed by atoms with Crippen molar-refractivity contribution in [1.82, 2.24) is 5.43 Å². The highest BCUT2D eigenvalue weighted by Gasteiger charge is 2.07. The van der Waals surface area contributed by atoms with Crippen LogP contribution in [-0.4, -0.2) is 25.8 Å². The molecule has 0 aliphatic heterocycles. The predicted molar refractivity (Wildman–Crippen MR) is 108 cm³/mol. The second kappa shape index (κ2) is 9.10. The van der Waals surface area contributed by atoms with Crippen molar-refractivity contribution in [2.45, 2.75) is 6.92 Å². The lowest BCUT2D eigenvalue weighted by Crippen LogP contribution is -2.24. The fourth-order valence-electron chi connectivity index (χ4n) is 2.40. The van der Waals surface area contributed by atoms with Gasteiger partial charge in [-0.25, -0.2) is 5.43 Å². The second-order valence-corrected chi connectivity index (χ2v) is 6.31. The van der Waals surface area contributed by atoms with Crippen LogP contribution < -0.4 is 14.9 Å². The number of hydrogen-bond acceptors (Lipinski definition) is 5. The maximum atomic E-state index is 11.9. The van der Waals surface area contributed by atoms with E-state index in [2.05, 4.69) is 10.5 Å². The van der Waals surface area contributed by atoms with E-state index in [0.29, 0.717) is 28.0 Å². The van der Waals surface area contributed by atoms with Crippen LogP contribution >= 0.6 is 11.6 Å². The zero-order valence-electron chi connectivity index (χ0n) is 15.4. The van der Waals surface area contributed by atoms with Crippen molar-refractivity contribution < 1.29 is 18.7 Å². The number of rotatable bonds is 7. The summed E-state index contributed by atoms with van der Waals surface area (Å²) in [5.74, 6) is 1.79. The van der Waals surface area contributed by atoms with E-state index < -0.39 is 5.91 Å². The lowest BCUT2D eigenvalue weighted by Gasteiger charge is -2.08. The molecule has 1 amide bonds. The minimum atomic E-state index is -0.403. The Hall–Kier alpha value is -3.25. The van der Waals surface area contributed by atoms with Crippen molar-refractivity contribution >= 4 is 23.7 Å². The molecule has 0 saturated heterocycles. The number of carbonyl (C=O) groups is 1. The summed E-state index contributed by atoms with van der Waals surface area (Å²) in [5, 5.41) is 4.55. The molecule has 0 aliphatic carbocycles. The molecule has 0 spiro atoms. The van der Waals surface area contributed by atoms with E-state index in [1.807, 2.05) is 37.3 Å². The molecule has 2 aromatic carbocycles. The van der Waals surface area contributed by atoms with Crippen LogP contribution in [0.1, 0.15) is 11.3 Å². The molecule has 0 fully saturated rings. The first-order valence-corrected chi connectivity index (χ1v) is 8.88. The fourth-order valence-corrected chi connectivity index (χ4v) is 2.59. The summed E-state index contributed by atoms with van der Waals surface area (Å²) in [6, 6.07) is 16.3. The van der Waals surface area contributed by atoms with Gasteiger partial charge in [0, 0.05) is 10.6 Å². The van der Waals surface area contributed by atoms with Gasteiger partial charge in [0.15, 0.2) is 18.1 Å². The van der Waals surface area contributed by atoms with Crippen LogP contribution in [0.4, 0.5) is 0 Å². The molecule has 0 aliphatic rings. The summed E-state index contributed by atoms with van der Waals surface area (Å²) in [6.45, 7) is 1.75. The van der Waals surface area contributed by atoms with Crippen molar-refractivity contribution in [2.75, 3.05) is 13.7 Å².